The Bertz CT molecular complexity index is 999. The van der Waals surface area contributed by atoms with E-state index in [1.54, 1.807) is 6.07 Å². The summed E-state index contributed by atoms with van der Waals surface area (Å²) in [5.41, 5.74) is -0.868. The molecule has 28 heavy (non-hydrogen) atoms. The molecule has 2 N–H and O–H groups in total. The SMILES string of the molecule is N#Cc1ccc(NNC(=O)c2ccc(C#N)c(C(F)(F)F)c2)c(C(F)(F)F)c1. The fourth-order valence-corrected chi connectivity index (χ4v) is 2.17. The van der Waals surface area contributed by atoms with E-state index in [1.165, 1.54) is 6.07 Å². The summed E-state index contributed by atoms with van der Waals surface area (Å²) in [7, 11) is 0. The van der Waals surface area contributed by atoms with Gasteiger partial charge in [-0.15, -0.1) is 0 Å². The van der Waals surface area contributed by atoms with Crippen LogP contribution in [-0.2, 0) is 12.4 Å². The second-order valence-electron chi connectivity index (χ2n) is 5.32. The number of benzene rings is 2. The predicted molar refractivity (Wildman–Crippen MR) is 83.4 cm³/mol. The molecule has 144 valence electrons. The molecule has 0 saturated heterocycles. The largest absolute Gasteiger partial charge is 0.418 e. The minimum absolute atomic E-state index is 0.272. The number of nitrogens with one attached hydrogen (secondary N) is 2. The molecule has 0 unspecified atom stereocenters. The van der Waals surface area contributed by atoms with Crippen molar-refractivity contribution in [2.45, 2.75) is 12.4 Å². The van der Waals surface area contributed by atoms with Crippen LogP contribution in [-0.4, -0.2) is 5.91 Å². The second kappa shape index (κ2) is 7.48. The third-order valence-electron chi connectivity index (χ3n) is 3.47. The van der Waals surface area contributed by atoms with Gasteiger partial charge in [0.05, 0.1) is 40.1 Å². The lowest BCUT2D eigenvalue weighted by molar-refractivity contribution is -0.138. The van der Waals surface area contributed by atoms with Crippen LogP contribution in [0.2, 0.25) is 0 Å². The van der Waals surface area contributed by atoms with E-state index in [0.717, 1.165) is 24.3 Å². The van der Waals surface area contributed by atoms with Crippen LogP contribution in [0, 0.1) is 22.7 Å². The van der Waals surface area contributed by atoms with Crippen LogP contribution in [0.1, 0.15) is 32.6 Å². The van der Waals surface area contributed by atoms with Crippen LogP contribution >= 0.6 is 0 Å². The number of anilines is 1. The molecule has 0 spiro atoms. The maximum atomic E-state index is 13.1. The quantitative estimate of drug-likeness (QED) is 0.599. The van der Waals surface area contributed by atoms with Gasteiger partial charge in [-0.25, -0.2) is 0 Å². The molecule has 0 radical (unpaired) electrons. The molecule has 1 amide bonds. The molecule has 2 aromatic carbocycles. The zero-order valence-electron chi connectivity index (χ0n) is 13.5. The van der Waals surface area contributed by atoms with Gasteiger partial charge in [0.2, 0.25) is 0 Å². The maximum absolute atomic E-state index is 13.1. The zero-order chi connectivity index (χ0) is 21.1. The minimum atomic E-state index is -4.90. The van der Waals surface area contributed by atoms with Gasteiger partial charge in [-0.1, -0.05) is 0 Å². The Kier molecular flexibility index (Phi) is 5.50. The molecule has 2 rings (SSSR count). The molecular formula is C17H8F6N4O. The van der Waals surface area contributed by atoms with E-state index in [-0.39, 0.29) is 5.56 Å². The molecule has 0 atom stereocenters. The van der Waals surface area contributed by atoms with Crippen molar-refractivity contribution in [2.75, 3.05) is 5.43 Å². The van der Waals surface area contributed by atoms with Gasteiger partial charge in [-0.2, -0.15) is 36.9 Å². The number of halogens is 6. The third-order valence-corrected chi connectivity index (χ3v) is 3.47. The number of nitriles is 2. The van der Waals surface area contributed by atoms with E-state index in [1.807, 2.05) is 10.9 Å². The van der Waals surface area contributed by atoms with Crippen LogP contribution in [0.4, 0.5) is 32.0 Å². The van der Waals surface area contributed by atoms with E-state index in [4.69, 9.17) is 10.5 Å². The molecule has 0 aromatic heterocycles. The smallest absolute Gasteiger partial charge is 0.298 e. The zero-order valence-corrected chi connectivity index (χ0v) is 13.5. The average Bonchev–Trinajstić information content (AvgIpc) is 2.63. The highest BCUT2D eigenvalue weighted by molar-refractivity contribution is 5.95. The molecule has 0 bridgehead atoms. The molecule has 0 fully saturated rings. The monoisotopic (exact) mass is 398 g/mol. The summed E-state index contributed by atoms with van der Waals surface area (Å²) in [6.45, 7) is 0. The number of alkyl halides is 6. The van der Waals surface area contributed by atoms with Gasteiger partial charge in [-0.3, -0.25) is 15.6 Å². The van der Waals surface area contributed by atoms with Crippen LogP contribution in [0.3, 0.4) is 0 Å². The lowest BCUT2D eigenvalue weighted by Gasteiger charge is -2.16. The van der Waals surface area contributed by atoms with Crippen LogP contribution in [0.5, 0.6) is 0 Å². The molecule has 0 aliphatic rings. The Balaban J connectivity index is 2.29. The van der Waals surface area contributed by atoms with Gasteiger partial charge in [0.25, 0.3) is 5.91 Å². The first-order valence-corrected chi connectivity index (χ1v) is 7.26. The van der Waals surface area contributed by atoms with Crippen molar-refractivity contribution in [2.24, 2.45) is 0 Å². The van der Waals surface area contributed by atoms with Crippen molar-refractivity contribution < 1.29 is 31.1 Å². The molecule has 11 heteroatoms. The van der Waals surface area contributed by atoms with Gasteiger partial charge in [-0.05, 0) is 36.4 Å². The normalized spacial score (nSPS) is 11.3. The first kappa shape index (κ1) is 20.6. The lowest BCUT2D eigenvalue weighted by atomic mass is 10.0. The summed E-state index contributed by atoms with van der Waals surface area (Å²) in [6.07, 6.45) is -9.75. The van der Waals surface area contributed by atoms with Crippen molar-refractivity contribution in [3.8, 4) is 12.1 Å². The van der Waals surface area contributed by atoms with Gasteiger partial charge < -0.3 is 0 Å². The first-order chi connectivity index (χ1) is 13.0. The van der Waals surface area contributed by atoms with Gasteiger partial charge in [0.15, 0.2) is 0 Å². The van der Waals surface area contributed by atoms with E-state index >= 15 is 0 Å². The van der Waals surface area contributed by atoms with E-state index < -0.39 is 46.2 Å². The predicted octanol–water partition coefficient (Wildman–Crippen LogP) is 4.22. The molecule has 5 nitrogen and oxygen atoms in total. The number of rotatable bonds is 3. The Morgan fingerprint density at radius 1 is 0.857 bits per heavy atom. The number of carbonyl (C=O) groups excluding carboxylic acids is 1. The minimum Gasteiger partial charge on any atom is -0.298 e. The van der Waals surface area contributed by atoms with Crippen LogP contribution < -0.4 is 10.9 Å². The van der Waals surface area contributed by atoms with Crippen molar-refractivity contribution >= 4 is 11.6 Å². The highest BCUT2D eigenvalue weighted by Gasteiger charge is 2.35. The van der Waals surface area contributed by atoms with E-state index in [2.05, 4.69) is 0 Å². The molecule has 0 heterocycles. The summed E-state index contributed by atoms with van der Waals surface area (Å²) >= 11 is 0. The summed E-state index contributed by atoms with van der Waals surface area (Å²) < 4.78 is 78.0. The first-order valence-electron chi connectivity index (χ1n) is 7.26. The summed E-state index contributed by atoms with van der Waals surface area (Å²) in [5.74, 6) is -1.16. The number of amides is 1. The Morgan fingerprint density at radius 3 is 2.04 bits per heavy atom. The summed E-state index contributed by atoms with van der Waals surface area (Å²) in [5, 5.41) is 17.4. The number of nitrogens with zero attached hydrogens (tertiary/aromatic N) is 2. The van der Waals surface area contributed by atoms with Crippen LogP contribution in [0.25, 0.3) is 0 Å². The van der Waals surface area contributed by atoms with E-state index in [0.29, 0.717) is 12.1 Å². The highest BCUT2D eigenvalue weighted by atomic mass is 19.4. The van der Waals surface area contributed by atoms with Crippen molar-refractivity contribution in [1.29, 1.82) is 10.5 Å². The Hall–Kier alpha value is -3.73. The van der Waals surface area contributed by atoms with E-state index in [9.17, 15) is 31.1 Å². The summed E-state index contributed by atoms with van der Waals surface area (Å²) in [6, 6.07) is 7.51. The molecule has 0 aliphatic heterocycles. The molecule has 0 saturated carbocycles. The summed E-state index contributed by atoms with van der Waals surface area (Å²) in [4.78, 5) is 12.0. The average molecular weight is 398 g/mol. The van der Waals surface area contributed by atoms with Gasteiger partial charge in [0.1, 0.15) is 0 Å². The number of carbonyl (C=O) groups is 1. The van der Waals surface area contributed by atoms with Crippen molar-refractivity contribution in [3.63, 3.8) is 0 Å². The number of hydrazine groups is 1. The highest BCUT2D eigenvalue weighted by Crippen LogP contribution is 2.35. The topological polar surface area (TPSA) is 88.7 Å². The third kappa shape index (κ3) is 4.51. The number of hydrogen-bond acceptors (Lipinski definition) is 4. The molecular weight excluding hydrogens is 390 g/mol. The number of hydrogen-bond donors (Lipinski definition) is 2. The molecule has 0 aliphatic carbocycles. The van der Waals surface area contributed by atoms with Gasteiger partial charge >= 0.3 is 12.4 Å². The van der Waals surface area contributed by atoms with Crippen molar-refractivity contribution in [1.82, 2.24) is 5.43 Å². The Morgan fingerprint density at radius 2 is 1.50 bits per heavy atom. The fraction of sp³-hybridized carbons (Fsp3) is 0.118. The van der Waals surface area contributed by atoms with Crippen molar-refractivity contribution in [3.05, 3.63) is 64.2 Å². The second-order valence-corrected chi connectivity index (χ2v) is 5.32. The molecule has 2 aromatic rings. The maximum Gasteiger partial charge on any atom is 0.418 e. The fourth-order valence-electron chi connectivity index (χ4n) is 2.17. The van der Waals surface area contributed by atoms with Crippen LogP contribution in [0.15, 0.2) is 36.4 Å². The Labute approximate surface area is 153 Å². The van der Waals surface area contributed by atoms with Gasteiger partial charge in [0, 0.05) is 5.56 Å². The standard InChI is InChI=1S/C17H8F6N4O/c18-16(19,20)12-6-10(2-3-11(12)8-25)15(28)27-26-14-4-1-9(7-24)5-13(14)17(21,22)23/h1-6,26H,(H,27,28). The lowest BCUT2D eigenvalue weighted by Crippen LogP contribution is -2.31.